The van der Waals surface area contributed by atoms with Gasteiger partial charge in [0.05, 0.1) is 23.4 Å². The normalized spacial score (nSPS) is 10.8. The number of nitrogens with zero attached hydrogens (tertiary/aromatic N) is 2. The summed E-state index contributed by atoms with van der Waals surface area (Å²) in [6.45, 7) is 0. The Kier molecular flexibility index (Phi) is 6.92. The molecule has 1 aromatic heterocycles. The van der Waals surface area contributed by atoms with Gasteiger partial charge in [0, 0.05) is 11.8 Å². The van der Waals surface area contributed by atoms with Gasteiger partial charge in [-0.05, 0) is 47.5 Å². The molecule has 0 bridgehead atoms. The van der Waals surface area contributed by atoms with E-state index in [2.05, 4.69) is 10.3 Å². The predicted molar refractivity (Wildman–Crippen MR) is 115 cm³/mol. The van der Waals surface area contributed by atoms with Crippen LogP contribution in [0.1, 0.15) is 28.0 Å². The molecule has 172 valence electrons. The van der Waals surface area contributed by atoms with Crippen LogP contribution in [0.25, 0.3) is 11.1 Å². The number of benzene rings is 2. The second-order valence-corrected chi connectivity index (χ2v) is 6.96. The fourth-order valence-electron chi connectivity index (χ4n) is 3.03. The summed E-state index contributed by atoms with van der Waals surface area (Å²) >= 11 is 0. The Hall–Kier alpha value is -4.72. The number of alkyl halides is 3. The smallest absolute Gasteiger partial charge is 0.416 e. The molecule has 2 amide bonds. The number of nitrogens with one attached hydrogen (secondary N) is 2. The summed E-state index contributed by atoms with van der Waals surface area (Å²) in [5.41, 5.74) is -0.267. The molecule has 0 atom stereocenters. The van der Waals surface area contributed by atoms with Gasteiger partial charge >= 0.3 is 12.3 Å². The van der Waals surface area contributed by atoms with E-state index in [1.807, 2.05) is 11.4 Å². The fraction of sp³-hybridized carbons (Fsp3) is 0.0870. The Morgan fingerprint density at radius 1 is 0.971 bits per heavy atom. The third kappa shape index (κ3) is 5.95. The molecular formula is C23H15F3N4O4. The number of rotatable bonds is 6. The van der Waals surface area contributed by atoms with Crippen molar-refractivity contribution in [1.82, 2.24) is 4.98 Å². The van der Waals surface area contributed by atoms with Crippen molar-refractivity contribution in [3.05, 3.63) is 77.6 Å². The molecule has 3 aromatic rings. The van der Waals surface area contributed by atoms with Crippen molar-refractivity contribution in [2.75, 3.05) is 10.6 Å². The zero-order valence-corrected chi connectivity index (χ0v) is 17.2. The molecular weight excluding hydrogens is 453 g/mol. The molecule has 2 aromatic carbocycles. The average Bonchev–Trinajstić information content (AvgIpc) is 2.79. The molecule has 11 heteroatoms. The number of pyridine rings is 1. The van der Waals surface area contributed by atoms with Gasteiger partial charge in [-0.15, -0.1) is 0 Å². The lowest BCUT2D eigenvalue weighted by Crippen LogP contribution is -2.19. The molecule has 0 radical (unpaired) electrons. The second-order valence-electron chi connectivity index (χ2n) is 6.96. The summed E-state index contributed by atoms with van der Waals surface area (Å²) in [6, 6.07) is 13.4. The number of carbonyl (C=O) groups is 3. The molecule has 0 aliphatic heterocycles. The molecule has 0 spiro atoms. The van der Waals surface area contributed by atoms with Crippen molar-refractivity contribution in [3.8, 4) is 17.2 Å². The van der Waals surface area contributed by atoms with Gasteiger partial charge in [0.25, 0.3) is 0 Å². The Labute approximate surface area is 190 Å². The maximum absolute atomic E-state index is 13.0. The first-order chi connectivity index (χ1) is 16.1. The number of aromatic nitrogens is 1. The molecule has 0 saturated heterocycles. The molecule has 0 aliphatic carbocycles. The number of halogens is 3. The van der Waals surface area contributed by atoms with Crippen LogP contribution < -0.4 is 10.6 Å². The number of anilines is 2. The molecule has 8 nitrogen and oxygen atoms in total. The first-order valence-electron chi connectivity index (χ1n) is 9.57. The lowest BCUT2D eigenvalue weighted by atomic mass is 10.0. The van der Waals surface area contributed by atoms with E-state index in [-0.39, 0.29) is 16.9 Å². The minimum Gasteiger partial charge on any atom is -0.465 e. The third-order valence-corrected chi connectivity index (χ3v) is 4.58. The molecule has 1 heterocycles. The van der Waals surface area contributed by atoms with E-state index in [0.717, 1.165) is 6.07 Å². The van der Waals surface area contributed by atoms with Crippen LogP contribution in [-0.4, -0.2) is 27.9 Å². The first kappa shape index (κ1) is 23.9. The van der Waals surface area contributed by atoms with Gasteiger partial charge in [-0.2, -0.15) is 18.4 Å². The van der Waals surface area contributed by atoms with Crippen LogP contribution in [0.4, 0.5) is 29.3 Å². The van der Waals surface area contributed by atoms with Crippen LogP contribution in [0, 0.1) is 11.3 Å². The van der Waals surface area contributed by atoms with Crippen LogP contribution in [0.2, 0.25) is 0 Å². The van der Waals surface area contributed by atoms with E-state index >= 15 is 0 Å². The predicted octanol–water partition coefficient (Wildman–Crippen LogP) is 4.94. The monoisotopic (exact) mass is 468 g/mol. The maximum Gasteiger partial charge on any atom is 0.416 e. The van der Waals surface area contributed by atoms with E-state index in [1.54, 1.807) is 18.2 Å². The maximum atomic E-state index is 13.0. The van der Waals surface area contributed by atoms with E-state index in [0.29, 0.717) is 23.3 Å². The Bertz CT molecular complexity index is 1320. The van der Waals surface area contributed by atoms with Crippen LogP contribution in [0.15, 0.2) is 60.8 Å². The number of carboxylic acid groups (broad SMARTS) is 1. The number of ketones is 1. The molecule has 0 fully saturated rings. The average molecular weight is 468 g/mol. The van der Waals surface area contributed by atoms with Crippen LogP contribution in [0.5, 0.6) is 0 Å². The number of Topliss-reactive ketones (excluding diaryl/α,β-unsaturated/α-hetero) is 1. The number of hydrogen-bond donors (Lipinski definition) is 3. The SMILES string of the molecule is N#Cc1cc(-c2cccc(C(=O)CC(=O)Nc3cc(C(F)(F)F)ccc3NC(=O)O)c2)ccn1. The van der Waals surface area contributed by atoms with Crippen molar-refractivity contribution in [2.24, 2.45) is 0 Å². The molecule has 0 unspecified atom stereocenters. The molecule has 0 saturated carbocycles. The summed E-state index contributed by atoms with van der Waals surface area (Å²) in [5, 5.41) is 21.9. The highest BCUT2D eigenvalue weighted by Gasteiger charge is 2.31. The minimum absolute atomic E-state index is 0.163. The molecule has 3 rings (SSSR count). The summed E-state index contributed by atoms with van der Waals surface area (Å²) in [6.07, 6.45) is -5.53. The standard InChI is InChI=1S/C23H15F3N4O4/c24-23(25,26)16-4-5-18(30-22(33)34)19(10-16)29-21(32)11-20(31)15-3-1-2-13(8-15)14-6-7-28-17(9-14)12-27/h1-10,30H,11H2,(H,29,32)(H,33,34). The number of amides is 2. The first-order valence-corrected chi connectivity index (χ1v) is 9.57. The van der Waals surface area contributed by atoms with Gasteiger partial charge in [0.2, 0.25) is 5.91 Å². The zero-order chi connectivity index (χ0) is 24.9. The van der Waals surface area contributed by atoms with E-state index < -0.39 is 41.6 Å². The van der Waals surface area contributed by atoms with Gasteiger partial charge in [-0.1, -0.05) is 18.2 Å². The summed E-state index contributed by atoms with van der Waals surface area (Å²) in [5.74, 6) is -1.55. The third-order valence-electron chi connectivity index (χ3n) is 4.58. The van der Waals surface area contributed by atoms with Crippen LogP contribution in [-0.2, 0) is 11.0 Å². The van der Waals surface area contributed by atoms with Crippen molar-refractivity contribution < 1.29 is 32.7 Å². The molecule has 0 aliphatic rings. The van der Waals surface area contributed by atoms with Gasteiger partial charge in [0.1, 0.15) is 11.8 Å². The topological polar surface area (TPSA) is 132 Å². The summed E-state index contributed by atoms with van der Waals surface area (Å²) < 4.78 is 39.1. The molecule has 34 heavy (non-hydrogen) atoms. The van der Waals surface area contributed by atoms with Crippen molar-refractivity contribution in [3.63, 3.8) is 0 Å². The Morgan fingerprint density at radius 3 is 2.38 bits per heavy atom. The number of nitriles is 1. The van der Waals surface area contributed by atoms with Crippen molar-refractivity contribution >= 4 is 29.2 Å². The number of hydrogen-bond acceptors (Lipinski definition) is 5. The van der Waals surface area contributed by atoms with Crippen LogP contribution in [0.3, 0.4) is 0 Å². The highest BCUT2D eigenvalue weighted by atomic mass is 19.4. The lowest BCUT2D eigenvalue weighted by Gasteiger charge is -2.14. The summed E-state index contributed by atoms with van der Waals surface area (Å²) in [7, 11) is 0. The van der Waals surface area contributed by atoms with Crippen molar-refractivity contribution in [2.45, 2.75) is 12.6 Å². The Morgan fingerprint density at radius 2 is 1.71 bits per heavy atom. The van der Waals surface area contributed by atoms with Crippen LogP contribution >= 0.6 is 0 Å². The van der Waals surface area contributed by atoms with E-state index in [1.165, 1.54) is 24.4 Å². The second kappa shape index (κ2) is 9.83. The van der Waals surface area contributed by atoms with Gasteiger partial charge in [0.15, 0.2) is 5.78 Å². The lowest BCUT2D eigenvalue weighted by molar-refractivity contribution is -0.137. The van der Waals surface area contributed by atoms with Crippen molar-refractivity contribution in [1.29, 1.82) is 5.26 Å². The van der Waals surface area contributed by atoms with E-state index in [4.69, 9.17) is 10.4 Å². The Balaban J connectivity index is 1.80. The minimum atomic E-state index is -4.73. The van der Waals surface area contributed by atoms with Gasteiger partial charge in [-0.25, -0.2) is 9.78 Å². The van der Waals surface area contributed by atoms with Gasteiger partial charge < -0.3 is 10.4 Å². The highest BCUT2D eigenvalue weighted by molar-refractivity contribution is 6.12. The van der Waals surface area contributed by atoms with E-state index in [9.17, 15) is 27.6 Å². The fourth-order valence-corrected chi connectivity index (χ4v) is 3.03. The summed E-state index contributed by atoms with van der Waals surface area (Å²) in [4.78, 5) is 39.8. The highest BCUT2D eigenvalue weighted by Crippen LogP contribution is 2.34. The molecule has 3 N–H and O–H groups in total. The zero-order valence-electron chi connectivity index (χ0n) is 17.2. The number of carbonyl (C=O) groups excluding carboxylic acids is 2. The largest absolute Gasteiger partial charge is 0.465 e. The quantitative estimate of drug-likeness (QED) is 0.347. The van der Waals surface area contributed by atoms with Gasteiger partial charge in [-0.3, -0.25) is 14.9 Å².